The highest BCUT2D eigenvalue weighted by Crippen LogP contribution is 2.28. The molecule has 0 saturated carbocycles. The molecule has 2 aromatic rings. The molecule has 0 aliphatic heterocycles. The number of carbonyl (C=O) groups excluding carboxylic acids is 2. The van der Waals surface area contributed by atoms with E-state index in [1.807, 2.05) is 13.8 Å². The molecule has 0 heterocycles. The molecule has 0 radical (unpaired) electrons. The molecule has 0 aliphatic rings. The summed E-state index contributed by atoms with van der Waals surface area (Å²) < 4.78 is 16.1. The molecule has 0 fully saturated rings. The summed E-state index contributed by atoms with van der Waals surface area (Å²) in [5.74, 6) is 1.12. The molecule has 7 nitrogen and oxygen atoms in total. The second kappa shape index (κ2) is 10.1. The smallest absolute Gasteiger partial charge is 0.269 e. The van der Waals surface area contributed by atoms with Gasteiger partial charge in [0.1, 0.15) is 5.75 Å². The SMILES string of the molecule is CCOc1ccc(CC(=O)NNC(=O)c2ccc(OC)cc2)cc1OCC. The van der Waals surface area contributed by atoms with Gasteiger partial charge in [-0.3, -0.25) is 20.4 Å². The number of amides is 2. The fraction of sp³-hybridized carbons (Fsp3) is 0.300. The second-order valence-corrected chi connectivity index (χ2v) is 5.55. The van der Waals surface area contributed by atoms with E-state index in [1.165, 1.54) is 0 Å². The fourth-order valence-electron chi connectivity index (χ4n) is 2.38. The summed E-state index contributed by atoms with van der Waals surface area (Å²) in [5.41, 5.74) is 5.96. The lowest BCUT2D eigenvalue weighted by Gasteiger charge is -2.12. The first-order valence-electron chi connectivity index (χ1n) is 8.69. The van der Waals surface area contributed by atoms with Gasteiger partial charge in [-0.2, -0.15) is 0 Å². The summed E-state index contributed by atoms with van der Waals surface area (Å²) in [6.07, 6.45) is 0.0926. The van der Waals surface area contributed by atoms with Crippen LogP contribution in [0.3, 0.4) is 0 Å². The van der Waals surface area contributed by atoms with Gasteiger partial charge in [0, 0.05) is 5.56 Å². The van der Waals surface area contributed by atoms with Gasteiger partial charge >= 0.3 is 0 Å². The van der Waals surface area contributed by atoms with E-state index < -0.39 is 5.91 Å². The lowest BCUT2D eigenvalue weighted by molar-refractivity contribution is -0.121. The maximum absolute atomic E-state index is 12.1. The van der Waals surface area contributed by atoms with Gasteiger partial charge in [0.15, 0.2) is 11.5 Å². The first kappa shape index (κ1) is 20.1. The summed E-state index contributed by atoms with van der Waals surface area (Å²) >= 11 is 0. The predicted molar refractivity (Wildman–Crippen MR) is 101 cm³/mol. The van der Waals surface area contributed by atoms with Crippen LogP contribution in [0.5, 0.6) is 17.2 Å². The topological polar surface area (TPSA) is 85.9 Å². The molecule has 27 heavy (non-hydrogen) atoms. The monoisotopic (exact) mass is 372 g/mol. The molecule has 144 valence electrons. The number of hydrazine groups is 1. The van der Waals surface area contributed by atoms with Crippen LogP contribution in [0.1, 0.15) is 29.8 Å². The Morgan fingerprint density at radius 3 is 2.19 bits per heavy atom. The fourth-order valence-corrected chi connectivity index (χ4v) is 2.38. The minimum absolute atomic E-state index is 0.0926. The minimum Gasteiger partial charge on any atom is -0.497 e. The van der Waals surface area contributed by atoms with Gasteiger partial charge in [-0.25, -0.2) is 0 Å². The second-order valence-electron chi connectivity index (χ2n) is 5.55. The Kier molecular flexibility index (Phi) is 7.49. The van der Waals surface area contributed by atoms with E-state index in [2.05, 4.69) is 10.9 Å². The van der Waals surface area contributed by atoms with Crippen molar-refractivity contribution in [2.45, 2.75) is 20.3 Å². The number of hydrogen-bond acceptors (Lipinski definition) is 5. The quantitative estimate of drug-likeness (QED) is 0.696. The molecule has 0 bridgehead atoms. The van der Waals surface area contributed by atoms with Gasteiger partial charge < -0.3 is 14.2 Å². The third kappa shape index (κ3) is 5.91. The first-order chi connectivity index (χ1) is 13.1. The van der Waals surface area contributed by atoms with E-state index in [0.717, 1.165) is 5.56 Å². The Hall–Kier alpha value is -3.22. The lowest BCUT2D eigenvalue weighted by Crippen LogP contribution is -2.42. The molecule has 0 aromatic heterocycles. The van der Waals surface area contributed by atoms with E-state index in [4.69, 9.17) is 14.2 Å². The zero-order valence-electron chi connectivity index (χ0n) is 15.7. The minimum atomic E-state index is -0.410. The van der Waals surface area contributed by atoms with Crippen molar-refractivity contribution in [3.05, 3.63) is 53.6 Å². The van der Waals surface area contributed by atoms with Crippen LogP contribution in [-0.2, 0) is 11.2 Å². The summed E-state index contributed by atoms with van der Waals surface area (Å²) in [6.45, 7) is 4.79. The van der Waals surface area contributed by atoms with E-state index >= 15 is 0 Å². The number of carbonyl (C=O) groups is 2. The van der Waals surface area contributed by atoms with Gasteiger partial charge in [-0.15, -0.1) is 0 Å². The van der Waals surface area contributed by atoms with Crippen LogP contribution >= 0.6 is 0 Å². The number of nitrogens with one attached hydrogen (secondary N) is 2. The van der Waals surface area contributed by atoms with Crippen LogP contribution in [0.2, 0.25) is 0 Å². The highest BCUT2D eigenvalue weighted by molar-refractivity contribution is 5.95. The average Bonchev–Trinajstić information content (AvgIpc) is 2.68. The van der Waals surface area contributed by atoms with Crippen molar-refractivity contribution in [2.24, 2.45) is 0 Å². The number of benzene rings is 2. The van der Waals surface area contributed by atoms with Gasteiger partial charge in [-0.05, 0) is 55.8 Å². The summed E-state index contributed by atoms with van der Waals surface area (Å²) in [6, 6.07) is 11.9. The molecule has 0 unspecified atom stereocenters. The number of rotatable bonds is 8. The molecule has 2 amide bonds. The van der Waals surface area contributed by atoms with Crippen LogP contribution in [0.15, 0.2) is 42.5 Å². The van der Waals surface area contributed by atoms with E-state index in [1.54, 1.807) is 49.6 Å². The van der Waals surface area contributed by atoms with Crippen molar-refractivity contribution in [1.29, 1.82) is 0 Å². The first-order valence-corrected chi connectivity index (χ1v) is 8.69. The van der Waals surface area contributed by atoms with Gasteiger partial charge in [0.2, 0.25) is 5.91 Å². The zero-order chi connectivity index (χ0) is 19.6. The lowest BCUT2D eigenvalue weighted by atomic mass is 10.1. The maximum atomic E-state index is 12.1. The molecular weight excluding hydrogens is 348 g/mol. The van der Waals surface area contributed by atoms with Crippen LogP contribution in [0, 0.1) is 0 Å². The summed E-state index contributed by atoms with van der Waals surface area (Å²) in [5, 5.41) is 0. The van der Waals surface area contributed by atoms with Crippen LogP contribution in [0.4, 0.5) is 0 Å². The molecule has 7 heteroatoms. The Balaban J connectivity index is 1.92. The van der Waals surface area contributed by atoms with Crippen molar-refractivity contribution >= 4 is 11.8 Å². The van der Waals surface area contributed by atoms with E-state index in [9.17, 15) is 9.59 Å². The number of ether oxygens (including phenoxy) is 3. The number of methoxy groups -OCH3 is 1. The molecule has 0 saturated heterocycles. The predicted octanol–water partition coefficient (Wildman–Crippen LogP) is 2.50. The Labute approximate surface area is 158 Å². The molecule has 0 atom stereocenters. The molecule has 0 spiro atoms. The highest BCUT2D eigenvalue weighted by atomic mass is 16.5. The molecule has 0 aliphatic carbocycles. The van der Waals surface area contributed by atoms with Crippen molar-refractivity contribution in [3.63, 3.8) is 0 Å². The maximum Gasteiger partial charge on any atom is 0.269 e. The van der Waals surface area contributed by atoms with E-state index in [0.29, 0.717) is 36.0 Å². The van der Waals surface area contributed by atoms with Crippen LogP contribution < -0.4 is 25.1 Å². The summed E-state index contributed by atoms with van der Waals surface area (Å²) in [7, 11) is 1.55. The third-order valence-electron chi connectivity index (χ3n) is 3.64. The van der Waals surface area contributed by atoms with Gasteiger partial charge in [-0.1, -0.05) is 6.07 Å². The summed E-state index contributed by atoms with van der Waals surface area (Å²) in [4.78, 5) is 24.2. The van der Waals surface area contributed by atoms with Crippen molar-refractivity contribution in [3.8, 4) is 17.2 Å². The Morgan fingerprint density at radius 2 is 1.56 bits per heavy atom. The van der Waals surface area contributed by atoms with Gasteiger partial charge in [0.05, 0.1) is 26.7 Å². The van der Waals surface area contributed by atoms with Crippen LogP contribution in [-0.4, -0.2) is 32.1 Å². The van der Waals surface area contributed by atoms with Crippen molar-refractivity contribution < 1.29 is 23.8 Å². The van der Waals surface area contributed by atoms with Crippen molar-refractivity contribution in [1.82, 2.24) is 10.9 Å². The Bertz CT molecular complexity index is 774. The number of hydrogen-bond donors (Lipinski definition) is 2. The normalized spacial score (nSPS) is 10.0. The van der Waals surface area contributed by atoms with Gasteiger partial charge in [0.25, 0.3) is 5.91 Å². The standard InChI is InChI=1S/C20H24N2O5/c1-4-26-17-11-6-14(12-18(17)27-5-2)13-19(23)21-22-20(24)15-7-9-16(25-3)10-8-15/h6-12H,4-5,13H2,1-3H3,(H,21,23)(H,22,24). The molecule has 2 N–H and O–H groups in total. The van der Waals surface area contributed by atoms with Crippen LogP contribution in [0.25, 0.3) is 0 Å². The Morgan fingerprint density at radius 1 is 0.889 bits per heavy atom. The van der Waals surface area contributed by atoms with E-state index in [-0.39, 0.29) is 12.3 Å². The third-order valence-corrected chi connectivity index (χ3v) is 3.64. The largest absolute Gasteiger partial charge is 0.497 e. The molecule has 2 aromatic carbocycles. The zero-order valence-corrected chi connectivity index (χ0v) is 15.7. The molecular formula is C20H24N2O5. The average molecular weight is 372 g/mol. The molecule has 2 rings (SSSR count). The highest BCUT2D eigenvalue weighted by Gasteiger charge is 2.11. The van der Waals surface area contributed by atoms with Crippen molar-refractivity contribution in [2.75, 3.05) is 20.3 Å².